The van der Waals surface area contributed by atoms with Crippen molar-refractivity contribution in [1.82, 2.24) is 9.79 Å². The number of nitrogens with zero attached hydrogens (tertiary/aromatic N) is 1. The van der Waals surface area contributed by atoms with Gasteiger partial charge in [-0.25, -0.2) is 18.3 Å². The Hall–Kier alpha value is -2.82. The van der Waals surface area contributed by atoms with Crippen molar-refractivity contribution in [3.05, 3.63) is 54.3 Å². The number of halogens is 1. The second-order valence-corrected chi connectivity index (χ2v) is 9.29. The van der Waals surface area contributed by atoms with E-state index in [1.165, 1.54) is 24.3 Å². The molecule has 1 amide bonds. The van der Waals surface area contributed by atoms with Crippen molar-refractivity contribution in [1.29, 1.82) is 0 Å². The van der Waals surface area contributed by atoms with Crippen molar-refractivity contribution in [2.75, 3.05) is 6.54 Å². The zero-order valence-electron chi connectivity index (χ0n) is 16.6. The van der Waals surface area contributed by atoms with E-state index in [0.29, 0.717) is 24.0 Å². The van der Waals surface area contributed by atoms with Gasteiger partial charge >= 0.3 is 5.97 Å². The lowest BCUT2D eigenvalue weighted by Crippen LogP contribution is -2.59. The van der Waals surface area contributed by atoms with E-state index in [-0.39, 0.29) is 23.6 Å². The van der Waals surface area contributed by atoms with E-state index < -0.39 is 40.4 Å². The van der Waals surface area contributed by atoms with Crippen molar-refractivity contribution in [3.8, 4) is 11.1 Å². The van der Waals surface area contributed by atoms with E-state index in [0.717, 1.165) is 4.31 Å². The average molecular weight is 450 g/mol. The van der Waals surface area contributed by atoms with Gasteiger partial charge in [0.15, 0.2) is 0 Å². The van der Waals surface area contributed by atoms with E-state index in [1.54, 1.807) is 29.7 Å². The van der Waals surface area contributed by atoms with Crippen molar-refractivity contribution < 1.29 is 32.7 Å². The van der Waals surface area contributed by atoms with Crippen LogP contribution < -0.4 is 5.48 Å². The van der Waals surface area contributed by atoms with Crippen LogP contribution >= 0.6 is 0 Å². The Balaban J connectivity index is 2.00. The molecule has 3 rings (SSSR count). The molecule has 166 valence electrons. The molecule has 0 aliphatic heterocycles. The summed E-state index contributed by atoms with van der Waals surface area (Å²) in [6.45, 7) is -0.412. The standard InChI is InChI=1S/C21H23FN2O6S/c22-17-7-3-15(4-8-17)16-5-9-18(10-6-16)31(29,30)24(14-11-19(25)26)21(20(27)23-28)12-1-2-13-21/h3-10,28H,1-2,11-14H2,(H,23,27)(H,25,26). The number of carbonyl (C=O) groups excluding carboxylic acids is 1. The smallest absolute Gasteiger partial charge is 0.304 e. The van der Waals surface area contributed by atoms with Crippen LogP contribution in [0.4, 0.5) is 4.39 Å². The van der Waals surface area contributed by atoms with E-state index >= 15 is 0 Å². The maximum Gasteiger partial charge on any atom is 0.304 e. The van der Waals surface area contributed by atoms with Crippen LogP contribution in [0.3, 0.4) is 0 Å². The number of amides is 1. The average Bonchev–Trinajstić information content (AvgIpc) is 3.24. The fraction of sp³-hybridized carbons (Fsp3) is 0.333. The minimum Gasteiger partial charge on any atom is -0.481 e. The van der Waals surface area contributed by atoms with Gasteiger partial charge in [-0.2, -0.15) is 4.31 Å². The third-order valence-electron chi connectivity index (χ3n) is 5.58. The van der Waals surface area contributed by atoms with Gasteiger partial charge in [0.1, 0.15) is 11.4 Å². The molecule has 3 N–H and O–H groups in total. The molecule has 1 aliphatic rings. The van der Waals surface area contributed by atoms with Crippen LogP contribution in [0.2, 0.25) is 0 Å². The molecule has 0 bridgehead atoms. The van der Waals surface area contributed by atoms with Crippen molar-refractivity contribution in [3.63, 3.8) is 0 Å². The third kappa shape index (κ3) is 4.60. The molecular weight excluding hydrogens is 427 g/mol. The molecule has 1 saturated carbocycles. The van der Waals surface area contributed by atoms with Gasteiger partial charge in [-0.1, -0.05) is 37.1 Å². The molecular formula is C21H23FN2O6S. The molecule has 1 fully saturated rings. The number of hydrogen-bond acceptors (Lipinski definition) is 5. The van der Waals surface area contributed by atoms with Crippen molar-refractivity contribution >= 4 is 21.9 Å². The first-order chi connectivity index (χ1) is 14.7. The van der Waals surface area contributed by atoms with Gasteiger partial charge in [0, 0.05) is 6.54 Å². The topological polar surface area (TPSA) is 124 Å². The summed E-state index contributed by atoms with van der Waals surface area (Å²) in [7, 11) is -4.26. The summed E-state index contributed by atoms with van der Waals surface area (Å²) < 4.78 is 41.0. The Morgan fingerprint density at radius 3 is 2.00 bits per heavy atom. The summed E-state index contributed by atoms with van der Waals surface area (Å²) >= 11 is 0. The molecule has 0 atom stereocenters. The minimum absolute atomic E-state index is 0.110. The van der Waals surface area contributed by atoms with Gasteiger partial charge < -0.3 is 5.11 Å². The van der Waals surface area contributed by atoms with Crippen molar-refractivity contribution in [2.45, 2.75) is 42.5 Å². The number of nitrogens with one attached hydrogen (secondary N) is 1. The Labute approximate surface area is 179 Å². The molecule has 0 unspecified atom stereocenters. The first kappa shape index (κ1) is 22.9. The number of hydroxylamine groups is 1. The van der Waals surface area contributed by atoms with Crippen LogP contribution in [0.1, 0.15) is 32.1 Å². The fourth-order valence-corrected chi connectivity index (χ4v) is 5.80. The predicted molar refractivity (Wildman–Crippen MR) is 109 cm³/mol. The van der Waals surface area contributed by atoms with E-state index in [9.17, 15) is 27.6 Å². The number of aliphatic carboxylic acids is 1. The second-order valence-electron chi connectivity index (χ2n) is 7.43. The summed E-state index contributed by atoms with van der Waals surface area (Å²) in [5, 5.41) is 18.3. The lowest BCUT2D eigenvalue weighted by Gasteiger charge is -2.38. The van der Waals surface area contributed by atoms with Crippen LogP contribution in [0.25, 0.3) is 11.1 Å². The van der Waals surface area contributed by atoms with Crippen LogP contribution in [0.5, 0.6) is 0 Å². The van der Waals surface area contributed by atoms with Gasteiger partial charge in [0.2, 0.25) is 10.0 Å². The normalized spacial score (nSPS) is 15.7. The minimum atomic E-state index is -4.26. The molecule has 8 nitrogen and oxygen atoms in total. The van der Waals surface area contributed by atoms with Gasteiger partial charge in [0.25, 0.3) is 5.91 Å². The molecule has 31 heavy (non-hydrogen) atoms. The lowest BCUT2D eigenvalue weighted by molar-refractivity contribution is -0.141. The highest BCUT2D eigenvalue weighted by atomic mass is 32.2. The van der Waals surface area contributed by atoms with Crippen LogP contribution in [-0.4, -0.2) is 47.0 Å². The third-order valence-corrected chi connectivity index (χ3v) is 7.56. The van der Waals surface area contributed by atoms with E-state index in [4.69, 9.17) is 5.11 Å². The molecule has 0 radical (unpaired) electrons. The van der Waals surface area contributed by atoms with Gasteiger partial charge in [0.05, 0.1) is 11.3 Å². The largest absolute Gasteiger partial charge is 0.481 e. The number of carboxylic acid groups (broad SMARTS) is 1. The molecule has 0 aromatic heterocycles. The molecule has 2 aromatic rings. The number of rotatable bonds is 8. The summed E-state index contributed by atoms with van der Waals surface area (Å²) in [6, 6.07) is 11.6. The maximum absolute atomic E-state index is 13.5. The number of sulfonamides is 1. The zero-order chi connectivity index (χ0) is 22.6. The summed E-state index contributed by atoms with van der Waals surface area (Å²) in [5.41, 5.74) is 1.36. The highest BCUT2D eigenvalue weighted by Gasteiger charge is 2.51. The molecule has 10 heteroatoms. The van der Waals surface area contributed by atoms with E-state index in [2.05, 4.69) is 0 Å². The fourth-order valence-electron chi connectivity index (χ4n) is 4.00. The Bertz CT molecular complexity index is 1050. The quantitative estimate of drug-likeness (QED) is 0.420. The second kappa shape index (κ2) is 9.13. The maximum atomic E-state index is 13.5. The number of carboxylic acids is 1. The number of benzene rings is 2. The SMILES string of the molecule is O=C(O)CCN(C1(C(=O)NO)CCCC1)S(=O)(=O)c1ccc(-c2ccc(F)cc2)cc1. The molecule has 0 heterocycles. The summed E-state index contributed by atoms with van der Waals surface area (Å²) in [5.74, 6) is -2.47. The Kier molecular flexibility index (Phi) is 6.73. The summed E-state index contributed by atoms with van der Waals surface area (Å²) in [4.78, 5) is 23.6. The molecule has 1 aliphatic carbocycles. The highest BCUT2D eigenvalue weighted by molar-refractivity contribution is 7.89. The summed E-state index contributed by atoms with van der Waals surface area (Å²) in [6.07, 6.45) is 0.983. The number of hydrogen-bond donors (Lipinski definition) is 3. The molecule has 0 spiro atoms. The Morgan fingerprint density at radius 2 is 1.52 bits per heavy atom. The molecule has 2 aromatic carbocycles. The molecule has 0 saturated heterocycles. The number of carbonyl (C=O) groups is 2. The van der Waals surface area contributed by atoms with Crippen LogP contribution in [0.15, 0.2) is 53.4 Å². The lowest BCUT2D eigenvalue weighted by atomic mass is 9.96. The van der Waals surface area contributed by atoms with Gasteiger partial charge in [-0.05, 0) is 48.2 Å². The van der Waals surface area contributed by atoms with Gasteiger partial charge in [-0.3, -0.25) is 14.8 Å². The van der Waals surface area contributed by atoms with E-state index in [1.807, 2.05) is 0 Å². The first-order valence-electron chi connectivity index (χ1n) is 9.76. The van der Waals surface area contributed by atoms with Gasteiger partial charge in [-0.15, -0.1) is 0 Å². The van der Waals surface area contributed by atoms with Crippen LogP contribution in [-0.2, 0) is 19.6 Å². The zero-order valence-corrected chi connectivity index (χ0v) is 17.4. The van der Waals surface area contributed by atoms with Crippen LogP contribution in [0, 0.1) is 5.82 Å². The first-order valence-corrected chi connectivity index (χ1v) is 11.2. The highest BCUT2D eigenvalue weighted by Crippen LogP contribution is 2.39. The predicted octanol–water partition coefficient (Wildman–Crippen LogP) is 2.78. The monoisotopic (exact) mass is 450 g/mol. The van der Waals surface area contributed by atoms with Crippen molar-refractivity contribution in [2.24, 2.45) is 0 Å². The Morgan fingerprint density at radius 1 is 1.00 bits per heavy atom.